The molecule has 0 bridgehead atoms. The van der Waals surface area contributed by atoms with Gasteiger partial charge in [0.15, 0.2) is 5.65 Å². The number of anilines is 1. The number of hydrogen-bond acceptors (Lipinski definition) is 5. The summed E-state index contributed by atoms with van der Waals surface area (Å²) in [7, 11) is 0. The van der Waals surface area contributed by atoms with Crippen LogP contribution in [0.15, 0.2) is 48.9 Å². The van der Waals surface area contributed by atoms with Crippen molar-refractivity contribution in [2.24, 2.45) is 5.92 Å². The Morgan fingerprint density at radius 1 is 1.17 bits per heavy atom. The fraction of sp³-hybridized carbons (Fsp3) is 0.333. The summed E-state index contributed by atoms with van der Waals surface area (Å²) in [6, 6.07) is 6.91. The van der Waals surface area contributed by atoms with Crippen molar-refractivity contribution in [1.82, 2.24) is 20.3 Å². The number of benzene rings is 1. The first-order valence-electron chi connectivity index (χ1n) is 9.66. The van der Waals surface area contributed by atoms with E-state index in [0.29, 0.717) is 23.3 Å². The number of aromatic nitrogens is 3. The van der Waals surface area contributed by atoms with Gasteiger partial charge in [0.05, 0.1) is 23.4 Å². The molecule has 6 nitrogen and oxygen atoms in total. The predicted octanol–water partition coefficient (Wildman–Crippen LogP) is 3.58. The maximum Gasteiger partial charge on any atom is 0.416 e. The van der Waals surface area contributed by atoms with E-state index in [9.17, 15) is 18.0 Å². The standard InChI is InChI=1S/C21H20F3N5O/c22-21(23,24)16-5-1-3-14(9-16)11-28-20(30)15-4-2-8-29(13-15)17-10-18-19(27-12-17)26-7-6-25-18/h1,3,5-7,9-10,12,15H,2,4,8,11,13H2,(H,28,30)/t15-/m0/s1. The number of amides is 1. The lowest BCUT2D eigenvalue weighted by atomic mass is 9.96. The molecular weight excluding hydrogens is 395 g/mol. The molecule has 4 rings (SSSR count). The zero-order valence-corrected chi connectivity index (χ0v) is 16.1. The van der Waals surface area contributed by atoms with Gasteiger partial charge in [0.25, 0.3) is 0 Å². The third kappa shape index (κ3) is 4.50. The van der Waals surface area contributed by atoms with Crippen LogP contribution in [0.3, 0.4) is 0 Å². The number of carbonyl (C=O) groups excluding carboxylic acids is 1. The number of pyridine rings is 1. The summed E-state index contributed by atoms with van der Waals surface area (Å²) in [6.07, 6.45) is 2.07. The van der Waals surface area contributed by atoms with Crippen LogP contribution in [0.4, 0.5) is 18.9 Å². The number of halogens is 3. The molecule has 1 saturated heterocycles. The highest BCUT2D eigenvalue weighted by atomic mass is 19.4. The van der Waals surface area contributed by atoms with E-state index in [1.165, 1.54) is 6.07 Å². The topological polar surface area (TPSA) is 71.0 Å². The Bertz CT molecular complexity index is 1060. The molecule has 1 fully saturated rings. The van der Waals surface area contributed by atoms with Crippen molar-refractivity contribution in [3.63, 3.8) is 0 Å². The summed E-state index contributed by atoms with van der Waals surface area (Å²) in [5.41, 5.74) is 1.83. The average molecular weight is 415 g/mol. The molecule has 1 amide bonds. The van der Waals surface area contributed by atoms with Gasteiger partial charge < -0.3 is 10.2 Å². The van der Waals surface area contributed by atoms with E-state index in [4.69, 9.17) is 0 Å². The van der Waals surface area contributed by atoms with Gasteiger partial charge >= 0.3 is 6.18 Å². The van der Waals surface area contributed by atoms with Gasteiger partial charge in [0, 0.05) is 32.0 Å². The highest BCUT2D eigenvalue weighted by Crippen LogP contribution is 2.29. The molecule has 9 heteroatoms. The van der Waals surface area contributed by atoms with Crippen LogP contribution in [0.5, 0.6) is 0 Å². The Hall–Kier alpha value is -3.23. The molecule has 0 unspecified atom stereocenters. The van der Waals surface area contributed by atoms with Crippen molar-refractivity contribution in [3.8, 4) is 0 Å². The molecule has 0 saturated carbocycles. The molecule has 0 radical (unpaired) electrons. The van der Waals surface area contributed by atoms with Gasteiger partial charge in [0.1, 0.15) is 5.52 Å². The summed E-state index contributed by atoms with van der Waals surface area (Å²) in [4.78, 5) is 27.5. The molecule has 1 aliphatic rings. The van der Waals surface area contributed by atoms with E-state index in [2.05, 4.69) is 25.2 Å². The number of piperidine rings is 1. The third-order valence-corrected chi connectivity index (χ3v) is 5.19. The Balaban J connectivity index is 1.40. The first kappa shape index (κ1) is 20.1. The van der Waals surface area contributed by atoms with E-state index in [-0.39, 0.29) is 18.4 Å². The fourth-order valence-electron chi connectivity index (χ4n) is 3.64. The van der Waals surface area contributed by atoms with Gasteiger partial charge in [-0.1, -0.05) is 12.1 Å². The van der Waals surface area contributed by atoms with Crippen LogP contribution in [0.1, 0.15) is 24.0 Å². The lowest BCUT2D eigenvalue weighted by Crippen LogP contribution is -2.43. The number of nitrogens with zero attached hydrogens (tertiary/aromatic N) is 4. The highest BCUT2D eigenvalue weighted by Gasteiger charge is 2.30. The Morgan fingerprint density at radius 2 is 2.00 bits per heavy atom. The van der Waals surface area contributed by atoms with Crippen LogP contribution in [0.2, 0.25) is 0 Å². The SMILES string of the molecule is O=C(NCc1cccc(C(F)(F)F)c1)[C@H]1CCCN(c2cnc3nccnc3c2)C1. The maximum absolute atomic E-state index is 12.9. The summed E-state index contributed by atoms with van der Waals surface area (Å²) >= 11 is 0. The van der Waals surface area contributed by atoms with Crippen LogP contribution < -0.4 is 10.2 Å². The van der Waals surface area contributed by atoms with Crippen LogP contribution >= 0.6 is 0 Å². The van der Waals surface area contributed by atoms with Gasteiger partial charge in [-0.15, -0.1) is 0 Å². The van der Waals surface area contributed by atoms with Crippen molar-refractivity contribution in [2.45, 2.75) is 25.6 Å². The Labute approximate surface area is 171 Å². The summed E-state index contributed by atoms with van der Waals surface area (Å²) in [6.45, 7) is 1.37. The molecule has 30 heavy (non-hydrogen) atoms. The van der Waals surface area contributed by atoms with Gasteiger partial charge in [-0.2, -0.15) is 13.2 Å². The molecule has 1 N–H and O–H groups in total. The van der Waals surface area contributed by atoms with Crippen LogP contribution in [0, 0.1) is 5.92 Å². The van der Waals surface area contributed by atoms with Crippen molar-refractivity contribution < 1.29 is 18.0 Å². The lowest BCUT2D eigenvalue weighted by molar-refractivity contribution is -0.137. The first-order chi connectivity index (χ1) is 14.4. The molecule has 2 aromatic heterocycles. The number of carbonyl (C=O) groups is 1. The molecular formula is C21H20F3N5O. The van der Waals surface area contributed by atoms with Crippen LogP contribution in [0.25, 0.3) is 11.2 Å². The molecule has 0 spiro atoms. The largest absolute Gasteiger partial charge is 0.416 e. The molecule has 3 aromatic rings. The predicted molar refractivity (Wildman–Crippen MR) is 106 cm³/mol. The lowest BCUT2D eigenvalue weighted by Gasteiger charge is -2.33. The second-order valence-electron chi connectivity index (χ2n) is 7.29. The van der Waals surface area contributed by atoms with Crippen molar-refractivity contribution in [3.05, 3.63) is 60.0 Å². The van der Waals surface area contributed by atoms with E-state index in [0.717, 1.165) is 37.2 Å². The van der Waals surface area contributed by atoms with Crippen molar-refractivity contribution in [1.29, 1.82) is 0 Å². The zero-order valence-electron chi connectivity index (χ0n) is 16.1. The quantitative estimate of drug-likeness (QED) is 0.705. The fourth-order valence-corrected chi connectivity index (χ4v) is 3.64. The second kappa shape index (κ2) is 8.25. The Morgan fingerprint density at radius 3 is 2.83 bits per heavy atom. The number of alkyl halides is 3. The smallest absolute Gasteiger partial charge is 0.369 e. The first-order valence-corrected chi connectivity index (χ1v) is 9.66. The zero-order chi connectivity index (χ0) is 21.1. The molecule has 156 valence electrons. The van der Waals surface area contributed by atoms with E-state index in [1.54, 1.807) is 24.7 Å². The van der Waals surface area contributed by atoms with Gasteiger partial charge in [-0.05, 0) is 36.6 Å². The van der Waals surface area contributed by atoms with E-state index >= 15 is 0 Å². The van der Waals surface area contributed by atoms with Gasteiger partial charge in [-0.25, -0.2) is 9.97 Å². The summed E-state index contributed by atoms with van der Waals surface area (Å²) in [5, 5.41) is 2.78. The average Bonchev–Trinajstić information content (AvgIpc) is 2.77. The van der Waals surface area contributed by atoms with Gasteiger partial charge in [-0.3, -0.25) is 9.78 Å². The summed E-state index contributed by atoms with van der Waals surface area (Å²) in [5.74, 6) is -0.409. The van der Waals surface area contributed by atoms with Crippen LogP contribution in [-0.2, 0) is 17.5 Å². The van der Waals surface area contributed by atoms with Crippen LogP contribution in [-0.4, -0.2) is 33.9 Å². The minimum absolute atomic E-state index is 0.0619. The molecule has 3 heterocycles. The number of nitrogens with one attached hydrogen (secondary N) is 1. The third-order valence-electron chi connectivity index (χ3n) is 5.19. The Kier molecular flexibility index (Phi) is 5.52. The highest BCUT2D eigenvalue weighted by molar-refractivity contribution is 5.80. The molecule has 1 aromatic carbocycles. The number of hydrogen-bond donors (Lipinski definition) is 1. The van der Waals surface area contributed by atoms with Crippen molar-refractivity contribution >= 4 is 22.8 Å². The summed E-state index contributed by atoms with van der Waals surface area (Å²) < 4.78 is 38.6. The molecule has 1 aliphatic heterocycles. The maximum atomic E-state index is 12.9. The van der Waals surface area contributed by atoms with Gasteiger partial charge in [0.2, 0.25) is 5.91 Å². The number of fused-ring (bicyclic) bond motifs is 1. The number of rotatable bonds is 4. The van der Waals surface area contributed by atoms with E-state index in [1.807, 2.05) is 6.07 Å². The van der Waals surface area contributed by atoms with Crippen molar-refractivity contribution in [2.75, 3.05) is 18.0 Å². The monoisotopic (exact) mass is 415 g/mol. The second-order valence-corrected chi connectivity index (χ2v) is 7.29. The van der Waals surface area contributed by atoms with E-state index < -0.39 is 11.7 Å². The minimum atomic E-state index is -4.40. The minimum Gasteiger partial charge on any atom is -0.369 e. The molecule has 1 atom stereocenters. The molecule has 0 aliphatic carbocycles. The normalized spacial score (nSPS) is 17.2.